The van der Waals surface area contributed by atoms with Crippen molar-refractivity contribution >= 4 is 12.4 Å². The molecule has 0 radical (unpaired) electrons. The van der Waals surface area contributed by atoms with Crippen LogP contribution in [0.2, 0.25) is 0 Å². The van der Waals surface area contributed by atoms with E-state index < -0.39 is 0 Å². The molecular weight excluding hydrogens is 370 g/mol. The van der Waals surface area contributed by atoms with E-state index in [0.29, 0.717) is 18.6 Å². The zero-order valence-electron chi connectivity index (χ0n) is 16.7. The second kappa shape index (κ2) is 10.3. The van der Waals surface area contributed by atoms with Gasteiger partial charge in [-0.1, -0.05) is 42.5 Å². The maximum atomic E-state index is 5.89. The summed E-state index contributed by atoms with van der Waals surface area (Å²) in [4.78, 5) is 4.98. The maximum absolute atomic E-state index is 5.89. The topological polar surface area (TPSA) is 27.7 Å². The van der Waals surface area contributed by atoms with Gasteiger partial charge in [0.1, 0.15) is 12.4 Å². The molecular formula is C23H32ClN3O. The highest BCUT2D eigenvalue weighted by Crippen LogP contribution is 2.41. The molecule has 2 fully saturated rings. The third kappa shape index (κ3) is 5.95. The minimum atomic E-state index is 0. The normalized spacial score (nSPS) is 22.5. The monoisotopic (exact) mass is 401 g/mol. The van der Waals surface area contributed by atoms with Crippen LogP contribution in [0.5, 0.6) is 5.75 Å². The molecule has 2 aliphatic rings. The Hall–Kier alpha value is -1.59. The van der Waals surface area contributed by atoms with Crippen molar-refractivity contribution < 1.29 is 4.74 Å². The molecule has 4 rings (SSSR count). The Morgan fingerprint density at radius 3 is 2.39 bits per heavy atom. The van der Waals surface area contributed by atoms with Crippen LogP contribution in [0.4, 0.5) is 0 Å². The Bertz CT molecular complexity index is 702. The quantitative estimate of drug-likeness (QED) is 0.733. The average molecular weight is 402 g/mol. The second-order valence-corrected chi connectivity index (χ2v) is 7.89. The predicted octanol–water partition coefficient (Wildman–Crippen LogP) is 3.38. The van der Waals surface area contributed by atoms with E-state index in [-0.39, 0.29) is 12.4 Å². The van der Waals surface area contributed by atoms with Gasteiger partial charge in [-0.3, -0.25) is 4.90 Å². The number of piperazine rings is 1. The van der Waals surface area contributed by atoms with Gasteiger partial charge in [-0.2, -0.15) is 0 Å². The fraction of sp³-hybridized carbons (Fsp3) is 0.478. The van der Waals surface area contributed by atoms with E-state index in [2.05, 4.69) is 58.6 Å². The number of likely N-dealkylation sites (N-methyl/N-ethyl adjacent to an activating group) is 1. The smallest absolute Gasteiger partial charge is 0.119 e. The lowest BCUT2D eigenvalue weighted by Gasteiger charge is -2.32. The number of benzene rings is 2. The first-order valence-electron chi connectivity index (χ1n) is 10.2. The van der Waals surface area contributed by atoms with Crippen LogP contribution in [0.25, 0.3) is 0 Å². The van der Waals surface area contributed by atoms with Crippen LogP contribution < -0.4 is 10.1 Å². The first-order chi connectivity index (χ1) is 13.3. The van der Waals surface area contributed by atoms with Crippen LogP contribution >= 0.6 is 12.4 Å². The first kappa shape index (κ1) is 21.1. The summed E-state index contributed by atoms with van der Waals surface area (Å²) in [5.74, 6) is 1.61. The average Bonchev–Trinajstić information content (AvgIpc) is 3.49. The summed E-state index contributed by atoms with van der Waals surface area (Å²) in [6, 6.07) is 19.6. The van der Waals surface area contributed by atoms with Gasteiger partial charge in [0, 0.05) is 51.2 Å². The van der Waals surface area contributed by atoms with Crippen LogP contribution in [0.1, 0.15) is 23.5 Å². The van der Waals surface area contributed by atoms with Crippen molar-refractivity contribution in [1.29, 1.82) is 0 Å². The van der Waals surface area contributed by atoms with Crippen molar-refractivity contribution in [1.82, 2.24) is 15.1 Å². The largest absolute Gasteiger partial charge is 0.489 e. The molecule has 0 aromatic heterocycles. The molecule has 5 heteroatoms. The summed E-state index contributed by atoms with van der Waals surface area (Å²) < 4.78 is 5.89. The molecule has 1 N–H and O–H groups in total. The second-order valence-electron chi connectivity index (χ2n) is 7.89. The number of nitrogens with one attached hydrogen (secondary N) is 1. The molecule has 0 amide bonds. The van der Waals surface area contributed by atoms with Gasteiger partial charge in [-0.05, 0) is 36.7 Å². The van der Waals surface area contributed by atoms with Gasteiger partial charge in [-0.15, -0.1) is 12.4 Å². The molecule has 28 heavy (non-hydrogen) atoms. The molecule has 4 nitrogen and oxygen atoms in total. The summed E-state index contributed by atoms with van der Waals surface area (Å²) >= 11 is 0. The zero-order valence-corrected chi connectivity index (χ0v) is 17.5. The summed E-state index contributed by atoms with van der Waals surface area (Å²) in [6.45, 7) is 7.70. The molecule has 152 valence electrons. The van der Waals surface area contributed by atoms with Crippen molar-refractivity contribution in [3.8, 4) is 5.75 Å². The van der Waals surface area contributed by atoms with Gasteiger partial charge in [0.2, 0.25) is 0 Å². The van der Waals surface area contributed by atoms with Crippen LogP contribution in [-0.2, 0) is 6.61 Å². The Balaban J connectivity index is 0.00000225. The number of rotatable bonds is 8. The van der Waals surface area contributed by atoms with Crippen molar-refractivity contribution in [3.05, 3.63) is 65.7 Å². The molecule has 2 atom stereocenters. The van der Waals surface area contributed by atoms with Crippen LogP contribution in [0, 0.1) is 0 Å². The first-order valence-corrected chi connectivity index (χ1v) is 10.2. The molecule has 2 aromatic rings. The molecule has 0 bridgehead atoms. The number of hydrogen-bond acceptors (Lipinski definition) is 4. The van der Waals surface area contributed by atoms with Crippen molar-refractivity contribution in [2.24, 2.45) is 0 Å². The highest BCUT2D eigenvalue weighted by molar-refractivity contribution is 5.85. The highest BCUT2D eigenvalue weighted by atomic mass is 35.5. The molecule has 0 spiro atoms. The summed E-state index contributed by atoms with van der Waals surface area (Å²) in [7, 11) is 2.21. The van der Waals surface area contributed by atoms with Gasteiger partial charge in [0.25, 0.3) is 0 Å². The molecule has 1 saturated heterocycles. The Morgan fingerprint density at radius 2 is 1.68 bits per heavy atom. The van der Waals surface area contributed by atoms with Crippen molar-refractivity contribution in [3.63, 3.8) is 0 Å². The van der Waals surface area contributed by atoms with Gasteiger partial charge in [-0.25, -0.2) is 0 Å². The fourth-order valence-electron chi connectivity index (χ4n) is 3.82. The molecule has 2 unspecified atom stereocenters. The van der Waals surface area contributed by atoms with E-state index in [1.54, 1.807) is 0 Å². The van der Waals surface area contributed by atoms with Gasteiger partial charge >= 0.3 is 0 Å². The summed E-state index contributed by atoms with van der Waals surface area (Å²) in [6.07, 6.45) is 1.26. The summed E-state index contributed by atoms with van der Waals surface area (Å²) in [5, 5.41) is 3.74. The number of ether oxygens (including phenoxy) is 1. The van der Waals surface area contributed by atoms with E-state index in [1.165, 1.54) is 50.3 Å². The SMILES string of the molecule is CN1CCN(CCNC2CC2c2ccc(OCc3ccccc3)cc2)CC1.Cl. The lowest BCUT2D eigenvalue weighted by molar-refractivity contribution is 0.154. The van der Waals surface area contributed by atoms with E-state index in [0.717, 1.165) is 12.3 Å². The molecule has 1 aliphatic heterocycles. The van der Waals surface area contributed by atoms with E-state index in [1.807, 2.05) is 18.2 Å². The van der Waals surface area contributed by atoms with Gasteiger partial charge < -0.3 is 15.0 Å². The minimum Gasteiger partial charge on any atom is -0.489 e. The zero-order chi connectivity index (χ0) is 18.5. The fourth-order valence-corrected chi connectivity index (χ4v) is 3.82. The van der Waals surface area contributed by atoms with E-state index in [4.69, 9.17) is 4.74 Å². The Kier molecular flexibility index (Phi) is 7.74. The lowest BCUT2D eigenvalue weighted by Crippen LogP contribution is -2.46. The third-order valence-corrected chi connectivity index (χ3v) is 5.78. The van der Waals surface area contributed by atoms with Crippen LogP contribution in [0.3, 0.4) is 0 Å². The van der Waals surface area contributed by atoms with Crippen molar-refractivity contribution in [2.75, 3.05) is 46.3 Å². The van der Waals surface area contributed by atoms with Crippen LogP contribution in [0.15, 0.2) is 54.6 Å². The Labute approximate surface area is 175 Å². The maximum Gasteiger partial charge on any atom is 0.119 e. The lowest BCUT2D eigenvalue weighted by atomic mass is 10.1. The van der Waals surface area contributed by atoms with E-state index >= 15 is 0 Å². The summed E-state index contributed by atoms with van der Waals surface area (Å²) in [5.41, 5.74) is 2.63. The number of halogens is 1. The molecule has 1 saturated carbocycles. The number of nitrogens with zero attached hydrogens (tertiary/aromatic N) is 2. The molecule has 1 heterocycles. The predicted molar refractivity (Wildman–Crippen MR) is 118 cm³/mol. The number of hydrogen-bond donors (Lipinski definition) is 1. The van der Waals surface area contributed by atoms with Crippen LogP contribution in [-0.4, -0.2) is 62.2 Å². The standard InChI is InChI=1S/C23H31N3O.ClH/c1-25-13-15-26(16-14-25)12-11-24-23-17-22(23)20-7-9-21(10-8-20)27-18-19-5-3-2-4-6-19;/h2-10,22-24H,11-18H2,1H3;1H. The van der Waals surface area contributed by atoms with Gasteiger partial charge in [0.05, 0.1) is 0 Å². The molecule has 1 aliphatic carbocycles. The van der Waals surface area contributed by atoms with E-state index in [9.17, 15) is 0 Å². The molecule has 2 aromatic carbocycles. The van der Waals surface area contributed by atoms with Crippen molar-refractivity contribution in [2.45, 2.75) is 25.0 Å². The highest BCUT2D eigenvalue weighted by Gasteiger charge is 2.37. The van der Waals surface area contributed by atoms with Gasteiger partial charge in [0.15, 0.2) is 0 Å². The third-order valence-electron chi connectivity index (χ3n) is 5.78. The minimum absolute atomic E-state index is 0. The Morgan fingerprint density at radius 1 is 0.964 bits per heavy atom.